The number of anilines is 1. The van der Waals surface area contributed by atoms with Gasteiger partial charge in [-0.25, -0.2) is 4.99 Å². The predicted molar refractivity (Wildman–Crippen MR) is 97.1 cm³/mol. The highest BCUT2D eigenvalue weighted by molar-refractivity contribution is 5.95. The maximum Gasteiger partial charge on any atom is 0.243 e. The van der Waals surface area contributed by atoms with Crippen LogP contribution in [0.3, 0.4) is 0 Å². The average Bonchev–Trinajstić information content (AvgIpc) is 2.58. The number of nitrogens with zero attached hydrogens (tertiary/aromatic N) is 2. The Balaban J connectivity index is 2.89. The molecular weight excluding hydrogens is 308 g/mol. The molecule has 0 heterocycles. The first-order valence-electron chi connectivity index (χ1n) is 8.08. The van der Waals surface area contributed by atoms with E-state index in [1.165, 1.54) is 4.90 Å². The number of carbonyl (C=O) groups excluding carboxylic acids is 1. The number of guanidine groups is 1. The third kappa shape index (κ3) is 6.36. The molecule has 24 heavy (non-hydrogen) atoms. The minimum absolute atomic E-state index is 0.0585. The van der Waals surface area contributed by atoms with Crippen molar-refractivity contribution < 1.29 is 14.3 Å². The van der Waals surface area contributed by atoms with Crippen LogP contribution in [0.4, 0.5) is 5.69 Å². The Hall–Kier alpha value is -2.44. The monoisotopic (exact) mass is 336 g/mol. The number of hydrogen-bond acceptors (Lipinski definition) is 4. The normalized spacial score (nSPS) is 11.0. The summed E-state index contributed by atoms with van der Waals surface area (Å²) in [5.74, 6) is 1.82. The molecule has 0 saturated heterocycles. The van der Waals surface area contributed by atoms with Gasteiger partial charge in [0.15, 0.2) is 17.5 Å². The van der Waals surface area contributed by atoms with Crippen molar-refractivity contribution >= 4 is 17.6 Å². The summed E-state index contributed by atoms with van der Waals surface area (Å²) >= 11 is 0. The Bertz CT molecular complexity index is 559. The van der Waals surface area contributed by atoms with E-state index in [4.69, 9.17) is 9.47 Å². The smallest absolute Gasteiger partial charge is 0.243 e. The van der Waals surface area contributed by atoms with Crippen molar-refractivity contribution in [2.24, 2.45) is 4.99 Å². The quantitative estimate of drug-likeness (QED) is 0.561. The molecule has 1 aromatic rings. The Kier molecular flexibility index (Phi) is 8.46. The van der Waals surface area contributed by atoms with Crippen molar-refractivity contribution in [3.05, 3.63) is 18.2 Å². The zero-order valence-electron chi connectivity index (χ0n) is 15.2. The molecule has 0 bridgehead atoms. The van der Waals surface area contributed by atoms with Crippen LogP contribution in [0, 0.1) is 0 Å². The van der Waals surface area contributed by atoms with Crippen LogP contribution in [-0.4, -0.2) is 57.7 Å². The maximum absolute atomic E-state index is 11.7. The van der Waals surface area contributed by atoms with Crippen LogP contribution in [0.2, 0.25) is 0 Å². The highest BCUT2D eigenvalue weighted by atomic mass is 16.5. The number of ether oxygens (including phenoxy) is 2. The van der Waals surface area contributed by atoms with E-state index in [0.717, 1.165) is 18.7 Å². The van der Waals surface area contributed by atoms with Gasteiger partial charge in [0.05, 0.1) is 13.7 Å². The number of rotatable bonds is 8. The molecule has 0 aromatic heterocycles. The van der Waals surface area contributed by atoms with Gasteiger partial charge < -0.3 is 25.0 Å². The molecule has 0 unspecified atom stereocenters. The van der Waals surface area contributed by atoms with Crippen molar-refractivity contribution in [3.8, 4) is 11.5 Å². The molecule has 2 N–H and O–H groups in total. The van der Waals surface area contributed by atoms with E-state index in [-0.39, 0.29) is 12.5 Å². The summed E-state index contributed by atoms with van der Waals surface area (Å²) < 4.78 is 10.9. The van der Waals surface area contributed by atoms with E-state index < -0.39 is 0 Å². The molecule has 7 heteroatoms. The molecule has 0 fully saturated rings. The molecule has 134 valence electrons. The first-order valence-corrected chi connectivity index (χ1v) is 8.08. The summed E-state index contributed by atoms with van der Waals surface area (Å²) in [6.45, 7) is 5.40. The lowest BCUT2D eigenvalue weighted by Gasteiger charge is -2.15. The lowest BCUT2D eigenvalue weighted by molar-refractivity contribution is -0.127. The molecule has 0 atom stereocenters. The lowest BCUT2D eigenvalue weighted by atomic mass is 10.2. The highest BCUT2D eigenvalue weighted by Gasteiger charge is 2.08. The molecule has 1 amide bonds. The van der Waals surface area contributed by atoms with Gasteiger partial charge in [-0.2, -0.15) is 0 Å². The average molecular weight is 336 g/mol. The fourth-order valence-corrected chi connectivity index (χ4v) is 1.83. The Morgan fingerprint density at radius 3 is 2.58 bits per heavy atom. The molecule has 0 saturated carbocycles. The van der Waals surface area contributed by atoms with Crippen LogP contribution < -0.4 is 20.1 Å². The topological polar surface area (TPSA) is 75.2 Å². The predicted octanol–water partition coefficient (Wildman–Crippen LogP) is 1.95. The maximum atomic E-state index is 11.7. The van der Waals surface area contributed by atoms with Crippen molar-refractivity contribution in [2.75, 3.05) is 46.2 Å². The number of carbonyl (C=O) groups is 1. The Labute approximate surface area is 144 Å². The van der Waals surface area contributed by atoms with Gasteiger partial charge in [-0.1, -0.05) is 6.92 Å². The molecule has 7 nitrogen and oxygen atoms in total. The van der Waals surface area contributed by atoms with Gasteiger partial charge in [-0.05, 0) is 25.5 Å². The molecule has 0 aliphatic heterocycles. The number of methoxy groups -OCH3 is 1. The van der Waals surface area contributed by atoms with E-state index in [2.05, 4.69) is 22.5 Å². The zero-order valence-corrected chi connectivity index (χ0v) is 15.2. The van der Waals surface area contributed by atoms with E-state index in [1.54, 1.807) is 21.2 Å². The van der Waals surface area contributed by atoms with Gasteiger partial charge in [0.1, 0.15) is 6.54 Å². The SMILES string of the molecule is CCCNC(=NCC(=O)N(C)C)Nc1ccc(OCC)c(OC)c1. The number of hydrogen-bond donors (Lipinski definition) is 2. The summed E-state index contributed by atoms with van der Waals surface area (Å²) in [6, 6.07) is 5.55. The minimum Gasteiger partial charge on any atom is -0.493 e. The molecule has 1 rings (SSSR count). The van der Waals surface area contributed by atoms with E-state index >= 15 is 0 Å². The minimum atomic E-state index is -0.0585. The fourth-order valence-electron chi connectivity index (χ4n) is 1.83. The second kappa shape index (κ2) is 10.4. The van der Waals surface area contributed by atoms with Gasteiger partial charge in [-0.15, -0.1) is 0 Å². The fraction of sp³-hybridized carbons (Fsp3) is 0.529. The van der Waals surface area contributed by atoms with Gasteiger partial charge >= 0.3 is 0 Å². The lowest BCUT2D eigenvalue weighted by Crippen LogP contribution is -2.33. The van der Waals surface area contributed by atoms with Gasteiger partial charge in [0, 0.05) is 32.4 Å². The molecular formula is C17H28N4O3. The molecule has 0 radical (unpaired) electrons. The summed E-state index contributed by atoms with van der Waals surface area (Å²) in [4.78, 5) is 17.6. The zero-order chi connectivity index (χ0) is 17.9. The van der Waals surface area contributed by atoms with Crippen LogP contribution >= 0.6 is 0 Å². The molecule has 0 spiro atoms. The van der Waals surface area contributed by atoms with Crippen LogP contribution in [-0.2, 0) is 4.79 Å². The van der Waals surface area contributed by atoms with Crippen molar-refractivity contribution in [1.29, 1.82) is 0 Å². The second-order valence-electron chi connectivity index (χ2n) is 5.30. The van der Waals surface area contributed by atoms with Crippen LogP contribution in [0.1, 0.15) is 20.3 Å². The van der Waals surface area contributed by atoms with Crippen molar-refractivity contribution in [2.45, 2.75) is 20.3 Å². The third-order valence-corrected chi connectivity index (χ3v) is 3.14. The highest BCUT2D eigenvalue weighted by Crippen LogP contribution is 2.30. The number of likely N-dealkylation sites (N-methyl/N-ethyl adjacent to an activating group) is 1. The number of benzene rings is 1. The first kappa shape index (κ1) is 19.6. The second-order valence-corrected chi connectivity index (χ2v) is 5.30. The standard InChI is InChI=1S/C17H28N4O3/c1-6-10-18-17(19-12-16(22)21(3)4)20-13-8-9-14(24-7-2)15(11-13)23-5/h8-9,11H,6-7,10,12H2,1-5H3,(H2,18,19,20). The molecule has 0 aliphatic rings. The summed E-state index contributed by atoms with van der Waals surface area (Å²) in [5, 5.41) is 6.37. The molecule has 1 aromatic carbocycles. The van der Waals surface area contributed by atoms with Gasteiger partial charge in [0.25, 0.3) is 0 Å². The van der Waals surface area contributed by atoms with Crippen LogP contribution in [0.15, 0.2) is 23.2 Å². The Morgan fingerprint density at radius 1 is 1.25 bits per heavy atom. The summed E-state index contributed by atoms with van der Waals surface area (Å²) in [6.07, 6.45) is 0.953. The van der Waals surface area contributed by atoms with Crippen LogP contribution in [0.5, 0.6) is 11.5 Å². The van der Waals surface area contributed by atoms with Gasteiger partial charge in [-0.3, -0.25) is 4.79 Å². The summed E-state index contributed by atoms with van der Waals surface area (Å²) in [5.41, 5.74) is 0.801. The Morgan fingerprint density at radius 2 is 2.00 bits per heavy atom. The van der Waals surface area contributed by atoms with Gasteiger partial charge in [0.2, 0.25) is 5.91 Å². The van der Waals surface area contributed by atoms with E-state index in [9.17, 15) is 4.79 Å². The van der Waals surface area contributed by atoms with E-state index in [0.29, 0.717) is 24.1 Å². The number of aliphatic imine (C=N–C) groups is 1. The first-order chi connectivity index (χ1) is 11.5. The summed E-state index contributed by atoms with van der Waals surface area (Å²) in [7, 11) is 5.02. The largest absolute Gasteiger partial charge is 0.493 e. The van der Waals surface area contributed by atoms with Crippen LogP contribution in [0.25, 0.3) is 0 Å². The van der Waals surface area contributed by atoms with E-state index in [1.807, 2.05) is 25.1 Å². The van der Waals surface area contributed by atoms with Crippen molar-refractivity contribution in [1.82, 2.24) is 10.2 Å². The number of nitrogens with one attached hydrogen (secondary N) is 2. The third-order valence-electron chi connectivity index (χ3n) is 3.14. The van der Waals surface area contributed by atoms with Crippen molar-refractivity contribution in [3.63, 3.8) is 0 Å². The number of amides is 1. The molecule has 0 aliphatic carbocycles.